The fraction of sp³-hybridized carbons (Fsp3) is 0.423. The van der Waals surface area contributed by atoms with E-state index in [4.69, 9.17) is 16.3 Å². The number of benzene rings is 2. The number of piperidine rings is 1. The molecule has 0 radical (unpaired) electrons. The van der Waals surface area contributed by atoms with E-state index < -0.39 is 12.1 Å². The normalized spacial score (nSPS) is 15.4. The van der Waals surface area contributed by atoms with Crippen LogP contribution in [0, 0.1) is 5.92 Å². The van der Waals surface area contributed by atoms with Gasteiger partial charge in [-0.25, -0.2) is 19.0 Å². The summed E-state index contributed by atoms with van der Waals surface area (Å²) < 4.78 is 8.41. The maximum Gasteiger partial charge on any atom is 0.405 e. The molecule has 10 nitrogen and oxygen atoms in total. The van der Waals surface area contributed by atoms with Crippen molar-refractivity contribution >= 4 is 34.8 Å². The average molecular weight is 530 g/mol. The molecule has 0 saturated carbocycles. The number of carbonyl (C=O) groups excluding carboxylic acids is 1. The Bertz CT molecular complexity index is 1280. The number of halogens is 1. The van der Waals surface area contributed by atoms with E-state index in [1.807, 2.05) is 12.1 Å². The van der Waals surface area contributed by atoms with Gasteiger partial charge < -0.3 is 25.4 Å². The molecule has 3 aromatic rings. The molecule has 1 saturated heterocycles. The summed E-state index contributed by atoms with van der Waals surface area (Å²) in [6, 6.07) is 13.4. The third-order valence-electron chi connectivity index (χ3n) is 6.77. The highest BCUT2D eigenvalue weighted by molar-refractivity contribution is 6.30. The SMILES string of the molecule is Cn1c(=O)n(C(=O)NCCC2CCN(CC(COc3ccc(Cl)cc3)NC(=O)O)CC2)c2ccccc21. The molecule has 37 heavy (non-hydrogen) atoms. The molecule has 11 heteroatoms. The van der Waals surface area contributed by atoms with Crippen molar-refractivity contribution in [3.05, 3.63) is 64.0 Å². The van der Waals surface area contributed by atoms with E-state index in [0.717, 1.165) is 32.4 Å². The lowest BCUT2D eigenvalue weighted by atomic mass is 9.93. The highest BCUT2D eigenvalue weighted by Crippen LogP contribution is 2.21. The Morgan fingerprint density at radius 2 is 1.78 bits per heavy atom. The number of imidazole rings is 1. The standard InChI is InChI=1S/C26H32ClN5O5/c1-30-22-4-2-3-5-23(22)32(26(30)36)24(33)28-13-10-18-11-14-31(15-12-18)16-20(29-25(34)35)17-37-21-8-6-19(27)7-9-21/h2-9,18,20,29H,10-17H2,1H3,(H,28,33)(H,34,35). The van der Waals surface area contributed by atoms with Gasteiger partial charge in [-0.05, 0) is 74.7 Å². The van der Waals surface area contributed by atoms with Crippen LogP contribution in [0.3, 0.4) is 0 Å². The zero-order valence-electron chi connectivity index (χ0n) is 20.7. The molecule has 1 fully saturated rings. The summed E-state index contributed by atoms with van der Waals surface area (Å²) in [6.07, 6.45) is 1.63. The molecule has 1 aliphatic rings. The third kappa shape index (κ3) is 6.84. The number of aromatic nitrogens is 2. The number of para-hydroxylation sites is 2. The number of aryl methyl sites for hydroxylation is 1. The van der Waals surface area contributed by atoms with Gasteiger partial charge in [0.2, 0.25) is 0 Å². The Morgan fingerprint density at radius 3 is 2.46 bits per heavy atom. The van der Waals surface area contributed by atoms with Gasteiger partial charge in [-0.15, -0.1) is 0 Å². The van der Waals surface area contributed by atoms with Gasteiger partial charge in [0.15, 0.2) is 0 Å². The Kier molecular flexibility index (Phi) is 8.73. The number of hydrogen-bond acceptors (Lipinski definition) is 5. The number of fused-ring (bicyclic) bond motifs is 1. The molecule has 1 aliphatic heterocycles. The maximum absolute atomic E-state index is 12.7. The number of nitrogens with one attached hydrogen (secondary N) is 2. The molecule has 2 aromatic carbocycles. The summed E-state index contributed by atoms with van der Waals surface area (Å²) in [5.74, 6) is 1.07. The van der Waals surface area contributed by atoms with Gasteiger partial charge in [-0.2, -0.15) is 0 Å². The van der Waals surface area contributed by atoms with E-state index >= 15 is 0 Å². The van der Waals surface area contributed by atoms with Crippen molar-refractivity contribution in [2.45, 2.75) is 25.3 Å². The first-order valence-electron chi connectivity index (χ1n) is 12.4. The highest BCUT2D eigenvalue weighted by atomic mass is 35.5. The van der Waals surface area contributed by atoms with E-state index in [0.29, 0.717) is 40.8 Å². The lowest BCUT2D eigenvalue weighted by Gasteiger charge is -2.34. The summed E-state index contributed by atoms with van der Waals surface area (Å²) in [5.41, 5.74) is 0.936. The molecule has 0 aliphatic carbocycles. The van der Waals surface area contributed by atoms with E-state index in [-0.39, 0.29) is 18.3 Å². The van der Waals surface area contributed by atoms with Gasteiger partial charge in [0.25, 0.3) is 0 Å². The predicted octanol–water partition coefficient (Wildman–Crippen LogP) is 3.37. The minimum atomic E-state index is -1.08. The van der Waals surface area contributed by atoms with Crippen molar-refractivity contribution in [2.75, 3.05) is 32.8 Å². The Labute approximate surface area is 219 Å². The molecule has 2 amide bonds. The lowest BCUT2D eigenvalue weighted by Crippen LogP contribution is -2.48. The van der Waals surface area contributed by atoms with Gasteiger partial charge >= 0.3 is 17.8 Å². The van der Waals surface area contributed by atoms with Crippen LogP contribution in [-0.4, -0.2) is 70.1 Å². The van der Waals surface area contributed by atoms with Gasteiger partial charge in [0.05, 0.1) is 17.1 Å². The molecule has 1 aromatic heterocycles. The molecule has 0 bridgehead atoms. The van der Waals surface area contributed by atoms with Crippen molar-refractivity contribution in [1.29, 1.82) is 0 Å². The topological polar surface area (TPSA) is 118 Å². The molecule has 4 rings (SSSR count). The molecular weight excluding hydrogens is 498 g/mol. The van der Waals surface area contributed by atoms with E-state index in [9.17, 15) is 19.5 Å². The number of ether oxygens (including phenoxy) is 1. The van der Waals surface area contributed by atoms with Crippen molar-refractivity contribution in [3.8, 4) is 5.75 Å². The van der Waals surface area contributed by atoms with Crippen LogP contribution >= 0.6 is 11.6 Å². The number of hydrogen-bond donors (Lipinski definition) is 3. The summed E-state index contributed by atoms with van der Waals surface area (Å²) in [5, 5.41) is 15.3. The van der Waals surface area contributed by atoms with Gasteiger partial charge in [0, 0.05) is 25.2 Å². The van der Waals surface area contributed by atoms with Crippen molar-refractivity contribution in [2.24, 2.45) is 13.0 Å². The summed E-state index contributed by atoms with van der Waals surface area (Å²) in [4.78, 5) is 38.8. The van der Waals surface area contributed by atoms with Crippen LogP contribution in [0.5, 0.6) is 5.75 Å². The molecular formula is C26H32ClN5O5. The van der Waals surface area contributed by atoms with Crippen LogP contribution in [0.4, 0.5) is 9.59 Å². The number of likely N-dealkylation sites (tertiary alicyclic amines) is 1. The van der Waals surface area contributed by atoms with Crippen LogP contribution in [0.25, 0.3) is 11.0 Å². The van der Waals surface area contributed by atoms with Gasteiger partial charge in [-0.1, -0.05) is 23.7 Å². The first kappa shape index (κ1) is 26.6. The van der Waals surface area contributed by atoms with E-state index in [2.05, 4.69) is 15.5 Å². The smallest absolute Gasteiger partial charge is 0.405 e. The summed E-state index contributed by atoms with van der Waals surface area (Å²) in [6.45, 7) is 2.92. The van der Waals surface area contributed by atoms with E-state index in [1.165, 1.54) is 9.13 Å². The Morgan fingerprint density at radius 1 is 1.11 bits per heavy atom. The number of carboxylic acid groups (broad SMARTS) is 1. The van der Waals surface area contributed by atoms with Crippen LogP contribution in [0.1, 0.15) is 19.3 Å². The zero-order chi connectivity index (χ0) is 26.4. The minimum Gasteiger partial charge on any atom is -0.491 e. The number of amides is 2. The first-order valence-corrected chi connectivity index (χ1v) is 12.7. The van der Waals surface area contributed by atoms with Crippen LogP contribution < -0.4 is 21.1 Å². The highest BCUT2D eigenvalue weighted by Gasteiger charge is 2.23. The average Bonchev–Trinajstić information content (AvgIpc) is 3.14. The second-order valence-electron chi connectivity index (χ2n) is 9.34. The van der Waals surface area contributed by atoms with Crippen molar-refractivity contribution < 1.29 is 19.4 Å². The lowest BCUT2D eigenvalue weighted by molar-refractivity contribution is 0.136. The Balaban J connectivity index is 1.22. The van der Waals surface area contributed by atoms with Crippen LogP contribution in [0.2, 0.25) is 5.02 Å². The number of nitrogens with zero attached hydrogens (tertiary/aromatic N) is 3. The summed E-state index contributed by atoms with van der Waals surface area (Å²) >= 11 is 5.90. The molecule has 0 spiro atoms. The molecule has 1 unspecified atom stereocenters. The van der Waals surface area contributed by atoms with Crippen LogP contribution in [-0.2, 0) is 7.05 Å². The number of rotatable bonds is 9. The second kappa shape index (κ2) is 12.2. The molecule has 2 heterocycles. The Hall–Kier alpha value is -3.50. The van der Waals surface area contributed by atoms with E-state index in [1.54, 1.807) is 43.4 Å². The molecule has 198 valence electrons. The largest absolute Gasteiger partial charge is 0.491 e. The maximum atomic E-state index is 12.7. The monoisotopic (exact) mass is 529 g/mol. The van der Waals surface area contributed by atoms with Gasteiger partial charge in [-0.3, -0.25) is 4.57 Å². The van der Waals surface area contributed by atoms with Crippen LogP contribution in [0.15, 0.2) is 53.3 Å². The minimum absolute atomic E-state index is 0.216. The second-order valence-corrected chi connectivity index (χ2v) is 9.78. The summed E-state index contributed by atoms with van der Waals surface area (Å²) in [7, 11) is 1.66. The van der Waals surface area contributed by atoms with Crippen molar-refractivity contribution in [1.82, 2.24) is 24.7 Å². The fourth-order valence-electron chi connectivity index (χ4n) is 4.76. The predicted molar refractivity (Wildman–Crippen MR) is 142 cm³/mol. The molecule has 1 atom stereocenters. The van der Waals surface area contributed by atoms with Crippen molar-refractivity contribution in [3.63, 3.8) is 0 Å². The first-order chi connectivity index (χ1) is 17.8. The van der Waals surface area contributed by atoms with Gasteiger partial charge in [0.1, 0.15) is 12.4 Å². The quantitative estimate of drug-likeness (QED) is 0.391. The third-order valence-corrected chi connectivity index (χ3v) is 7.02. The number of carbonyl (C=O) groups is 2. The molecule has 3 N–H and O–H groups in total. The fourth-order valence-corrected chi connectivity index (χ4v) is 4.89. The zero-order valence-corrected chi connectivity index (χ0v) is 21.5.